The van der Waals surface area contributed by atoms with Crippen LogP contribution in [0.4, 0.5) is 21.0 Å². The Morgan fingerprint density at radius 1 is 0.451 bits per heavy atom. The molecule has 2 aromatic carbocycles. The summed E-state index contributed by atoms with van der Waals surface area (Å²) in [5.74, 6) is -2.74. The van der Waals surface area contributed by atoms with Crippen molar-refractivity contribution in [2.45, 2.75) is 259 Å². The summed E-state index contributed by atoms with van der Waals surface area (Å²) in [7, 11) is 7.79. The largest absolute Gasteiger partial charge is 0.445 e. The number of carbonyl (C=O) groups is 6. The van der Waals surface area contributed by atoms with E-state index in [1.807, 2.05) is 44.1 Å². The fraction of sp³-hybridized carbons (Fsp3) is 0.735. The summed E-state index contributed by atoms with van der Waals surface area (Å²) < 4.78 is 10.7. The Kier molecular flexibility index (Phi) is 41.8. The molecule has 0 aliphatic carbocycles. The van der Waals surface area contributed by atoms with Crippen molar-refractivity contribution in [2.24, 2.45) is 0 Å². The zero-order valence-electron chi connectivity index (χ0n) is 53.3. The molecular formula is C68H117N6O8+. The number of nitrogens with zero attached hydrogens (tertiary/aromatic N) is 5. The maximum absolute atomic E-state index is 15.7. The quantitative estimate of drug-likeness (QED) is 0.0386. The summed E-state index contributed by atoms with van der Waals surface area (Å²) in [5.41, 5.74) is 1.63. The number of carbonyl (C=O) groups excluding carboxylic acids is 6. The molecule has 0 fully saturated rings. The maximum Gasteiger partial charge on any atom is 0.416 e. The van der Waals surface area contributed by atoms with Crippen LogP contribution in [0.25, 0.3) is 0 Å². The highest BCUT2D eigenvalue weighted by Crippen LogP contribution is 2.33. The van der Waals surface area contributed by atoms with Crippen molar-refractivity contribution in [3.63, 3.8) is 0 Å². The molecule has 2 aromatic rings. The number of hydrogen-bond acceptors (Lipinski definition) is 10. The van der Waals surface area contributed by atoms with E-state index in [1.165, 1.54) is 160 Å². The monoisotopic (exact) mass is 1150 g/mol. The molecule has 14 heteroatoms. The normalized spacial score (nSPS) is 12.1. The minimum absolute atomic E-state index is 0.0268. The molecule has 0 spiro atoms. The zero-order chi connectivity index (χ0) is 60.1. The molecule has 82 heavy (non-hydrogen) atoms. The average molecular weight is 1150 g/mol. The summed E-state index contributed by atoms with van der Waals surface area (Å²) in [6.45, 7) is 9.04. The van der Waals surface area contributed by atoms with E-state index in [2.05, 4.69) is 19.2 Å². The first-order valence-corrected chi connectivity index (χ1v) is 32.8. The molecule has 0 heterocycles. The number of unbranched alkanes of at least 4 members (excludes halogenated alkanes) is 30. The van der Waals surface area contributed by atoms with Crippen molar-refractivity contribution in [3.8, 4) is 0 Å². The van der Waals surface area contributed by atoms with Gasteiger partial charge in [0.1, 0.15) is 13.2 Å². The molecule has 0 aliphatic rings. The van der Waals surface area contributed by atoms with E-state index in [9.17, 15) is 19.2 Å². The summed E-state index contributed by atoms with van der Waals surface area (Å²) in [6.07, 6.45) is 37.7. The summed E-state index contributed by atoms with van der Waals surface area (Å²) in [4.78, 5) is 91.7. The van der Waals surface area contributed by atoms with Gasteiger partial charge in [-0.2, -0.15) is 4.48 Å². The van der Waals surface area contributed by atoms with Gasteiger partial charge in [0.2, 0.25) is 5.91 Å². The van der Waals surface area contributed by atoms with Crippen LogP contribution in [-0.2, 0) is 41.9 Å². The van der Waals surface area contributed by atoms with Gasteiger partial charge in [-0.05, 0) is 85.5 Å². The number of quaternary nitrogens is 1. The molecule has 1 atom stereocenters. The molecule has 0 radical (unpaired) electrons. The van der Waals surface area contributed by atoms with Gasteiger partial charge in [-0.1, -0.05) is 230 Å². The number of imide groups is 2. The van der Waals surface area contributed by atoms with E-state index < -0.39 is 40.3 Å². The van der Waals surface area contributed by atoms with Crippen LogP contribution in [0.15, 0.2) is 48.5 Å². The number of nitrogens with one attached hydrogen (secondary N) is 1. The third-order valence-corrected chi connectivity index (χ3v) is 15.9. The van der Waals surface area contributed by atoms with Crippen molar-refractivity contribution in [1.29, 1.82) is 0 Å². The van der Waals surface area contributed by atoms with Gasteiger partial charge in [0.05, 0.1) is 24.7 Å². The van der Waals surface area contributed by atoms with E-state index in [0.717, 1.165) is 69.2 Å². The van der Waals surface area contributed by atoms with Gasteiger partial charge in [-0.3, -0.25) is 9.59 Å². The van der Waals surface area contributed by atoms with Crippen LogP contribution in [0.2, 0.25) is 0 Å². The van der Waals surface area contributed by atoms with E-state index in [1.54, 1.807) is 42.5 Å². The van der Waals surface area contributed by atoms with Crippen LogP contribution in [0.1, 0.15) is 257 Å². The maximum atomic E-state index is 15.7. The molecule has 0 aromatic heterocycles. The zero-order valence-corrected chi connectivity index (χ0v) is 53.3. The third kappa shape index (κ3) is 31.3. The van der Waals surface area contributed by atoms with Gasteiger partial charge in [0.15, 0.2) is 5.69 Å². The van der Waals surface area contributed by atoms with Crippen LogP contribution >= 0.6 is 0 Å². The van der Waals surface area contributed by atoms with Gasteiger partial charge < -0.3 is 29.5 Å². The predicted molar refractivity (Wildman–Crippen MR) is 339 cm³/mol. The second-order valence-corrected chi connectivity index (χ2v) is 23.7. The number of para-hydroxylation sites is 2. The number of anilines is 1. The first-order chi connectivity index (χ1) is 39.7. The molecule has 0 saturated heterocycles. The molecular weight excluding hydrogens is 1030 g/mol. The van der Waals surface area contributed by atoms with Crippen LogP contribution in [0.5, 0.6) is 0 Å². The summed E-state index contributed by atoms with van der Waals surface area (Å²) >= 11 is 0. The Morgan fingerprint density at radius 3 is 1.33 bits per heavy atom. The highest BCUT2D eigenvalue weighted by atomic mass is 16.6. The van der Waals surface area contributed by atoms with Crippen molar-refractivity contribution < 1.29 is 38.2 Å². The smallest absolute Gasteiger partial charge is 0.416 e. The highest BCUT2D eigenvalue weighted by Gasteiger charge is 2.51. The van der Waals surface area contributed by atoms with Crippen molar-refractivity contribution in [2.75, 3.05) is 72.4 Å². The molecule has 0 saturated carbocycles. The Balaban J connectivity index is 2.42. The number of alkyl carbamates (subject to hydrolysis) is 1. The Bertz CT molecular complexity index is 2050. The second kappa shape index (κ2) is 46.7. The van der Waals surface area contributed by atoms with Gasteiger partial charge in [-0.25, -0.2) is 24.1 Å². The molecule has 1 unspecified atom stereocenters. The fourth-order valence-corrected chi connectivity index (χ4v) is 10.9. The minimum Gasteiger partial charge on any atom is -0.445 e. The van der Waals surface area contributed by atoms with Crippen LogP contribution in [0.3, 0.4) is 0 Å². The summed E-state index contributed by atoms with van der Waals surface area (Å²) in [6, 6.07) is 14.1. The standard InChI is InChI=1S/C68H116N6O8/c1-9-11-13-15-17-19-21-23-25-27-29-31-33-35-37-43-54-73(63-49-41-39-47-61(63)57-81-67(79)69-51-45-52-70(5)6)65(77)66(78)74(60(4)76,56-44-38-36-34-32-30-28-26-24-22-20-18-16-14-12-10-2)64-50-42-40-48-62(64)58-82-68(80)72(59(3)75)55-46-53-71(7)8/h39-42,47-50H,9-38,43-46,51-58H2,1-8H3/p+1. The van der Waals surface area contributed by atoms with Gasteiger partial charge >= 0.3 is 29.9 Å². The molecule has 14 nitrogen and oxygen atoms in total. The van der Waals surface area contributed by atoms with E-state index in [4.69, 9.17) is 9.47 Å². The number of benzene rings is 2. The molecule has 0 aliphatic heterocycles. The van der Waals surface area contributed by atoms with E-state index in [-0.39, 0.29) is 38.5 Å². The van der Waals surface area contributed by atoms with E-state index >= 15 is 9.59 Å². The number of ether oxygens (including phenoxy) is 2. The third-order valence-electron chi connectivity index (χ3n) is 15.9. The first kappa shape index (κ1) is 73.4. The minimum atomic E-state index is -0.910. The first-order valence-electron chi connectivity index (χ1n) is 32.8. The van der Waals surface area contributed by atoms with Gasteiger partial charge in [0, 0.05) is 38.2 Å². The predicted octanol–water partition coefficient (Wildman–Crippen LogP) is 16.2. The molecule has 0 bridgehead atoms. The fourth-order valence-electron chi connectivity index (χ4n) is 10.9. The molecule has 1 N–H and O–H groups in total. The van der Waals surface area contributed by atoms with Gasteiger partial charge in [0.25, 0.3) is 0 Å². The topological polar surface area (TPSA) is 146 Å². The number of hydrogen-bond donors (Lipinski definition) is 1. The molecule has 6 amide bonds. The Morgan fingerprint density at radius 2 is 0.866 bits per heavy atom. The number of rotatable bonds is 48. The highest BCUT2D eigenvalue weighted by molar-refractivity contribution is 6.46. The van der Waals surface area contributed by atoms with Gasteiger partial charge in [-0.15, -0.1) is 0 Å². The lowest BCUT2D eigenvalue weighted by Crippen LogP contribution is -2.63. The number of amides is 6. The average Bonchev–Trinajstić information content (AvgIpc) is 3.66. The molecule has 2 rings (SSSR count). The van der Waals surface area contributed by atoms with Crippen molar-refractivity contribution in [1.82, 2.24) is 24.5 Å². The van der Waals surface area contributed by atoms with Crippen LogP contribution in [0, 0.1) is 0 Å². The van der Waals surface area contributed by atoms with E-state index in [0.29, 0.717) is 49.2 Å². The van der Waals surface area contributed by atoms with Crippen molar-refractivity contribution >= 4 is 47.2 Å². The second-order valence-electron chi connectivity index (χ2n) is 23.7. The van der Waals surface area contributed by atoms with Crippen LogP contribution < -0.4 is 14.7 Å². The molecule has 466 valence electrons. The van der Waals surface area contributed by atoms with Crippen molar-refractivity contribution in [3.05, 3.63) is 59.7 Å². The van der Waals surface area contributed by atoms with Crippen LogP contribution in [-0.4, -0.2) is 118 Å². The lowest BCUT2D eigenvalue weighted by molar-refractivity contribution is -0.150. The Labute approximate surface area is 499 Å². The lowest BCUT2D eigenvalue weighted by Gasteiger charge is -2.35. The Hall–Kier alpha value is -4.66. The summed E-state index contributed by atoms with van der Waals surface area (Å²) in [5, 5.41) is 2.82. The lowest BCUT2D eigenvalue weighted by atomic mass is 10.0. The SMILES string of the molecule is CCCCCCCCCCCCCCCCCCN(C(=O)C(=O)[N+](CCCCCCCCCCCCCCCCCC)(C(C)=O)c1ccccc1COC(=O)N(CCCN(C)C)C(C)=O)c1ccccc1COC(=O)NCCCN(C)C.